The molecule has 0 bridgehead atoms. The monoisotopic (exact) mass is 357 g/mol. The van der Waals surface area contributed by atoms with Gasteiger partial charge in [0.1, 0.15) is 12.2 Å². The summed E-state index contributed by atoms with van der Waals surface area (Å²) >= 11 is 0. The highest BCUT2D eigenvalue weighted by Crippen LogP contribution is 2.22. The molecule has 1 fully saturated rings. The van der Waals surface area contributed by atoms with Gasteiger partial charge in [0.15, 0.2) is 0 Å². The van der Waals surface area contributed by atoms with E-state index in [0.29, 0.717) is 45.6 Å². The Morgan fingerprint density at radius 2 is 1.69 bits per heavy atom. The van der Waals surface area contributed by atoms with Crippen LogP contribution >= 0.6 is 0 Å². The Labute approximate surface area is 155 Å². The topological polar surface area (TPSA) is 73.6 Å². The fourth-order valence-corrected chi connectivity index (χ4v) is 3.18. The van der Waals surface area contributed by atoms with Crippen molar-refractivity contribution in [3.05, 3.63) is 29.3 Å². The van der Waals surface area contributed by atoms with Gasteiger partial charge in [0, 0.05) is 32.6 Å². The number of benzene rings is 1. The van der Waals surface area contributed by atoms with Crippen LogP contribution in [-0.2, 0) is 9.59 Å². The first-order valence-corrected chi connectivity index (χ1v) is 9.14. The molecular weight excluding hydrogens is 330 g/mol. The van der Waals surface area contributed by atoms with Crippen LogP contribution in [0.4, 0.5) is 0 Å². The maximum Gasteiger partial charge on any atom is 0.236 e. The van der Waals surface area contributed by atoms with Crippen molar-refractivity contribution in [2.75, 3.05) is 32.8 Å². The minimum absolute atomic E-state index is 0.0936. The molecule has 1 aromatic rings. The van der Waals surface area contributed by atoms with Crippen molar-refractivity contribution in [3.63, 3.8) is 0 Å². The molecule has 2 rings (SSSR count). The molecule has 26 heavy (non-hydrogen) atoms. The number of hydrogen-bond donors (Lipinski definition) is 0. The minimum Gasteiger partial charge on any atom is -0.493 e. The van der Waals surface area contributed by atoms with Gasteiger partial charge >= 0.3 is 0 Å². The van der Waals surface area contributed by atoms with Crippen LogP contribution in [0.5, 0.6) is 5.75 Å². The molecular formula is C20H27N3O3. The van der Waals surface area contributed by atoms with Gasteiger partial charge in [0.05, 0.1) is 12.7 Å². The first kappa shape index (κ1) is 19.8. The molecule has 6 heteroatoms. The highest BCUT2D eigenvalue weighted by molar-refractivity contribution is 5.79. The van der Waals surface area contributed by atoms with Gasteiger partial charge in [-0.1, -0.05) is 18.2 Å². The minimum atomic E-state index is -0.149. The number of nitrogens with zero attached hydrogens (tertiary/aromatic N) is 3. The SMILES string of the molecule is Cc1cccc(C)c1OCCCC(=O)N1CCCN(C(=O)CC#N)CC1. The molecule has 0 aromatic heterocycles. The van der Waals surface area contributed by atoms with Gasteiger partial charge < -0.3 is 14.5 Å². The number of ether oxygens (including phenoxy) is 1. The van der Waals surface area contributed by atoms with E-state index in [9.17, 15) is 9.59 Å². The van der Waals surface area contributed by atoms with Gasteiger partial charge in [-0.25, -0.2) is 0 Å². The van der Waals surface area contributed by atoms with E-state index in [-0.39, 0.29) is 18.2 Å². The summed E-state index contributed by atoms with van der Waals surface area (Å²) < 4.78 is 5.85. The summed E-state index contributed by atoms with van der Waals surface area (Å²) in [7, 11) is 0. The average Bonchev–Trinajstić information content (AvgIpc) is 2.87. The van der Waals surface area contributed by atoms with Crippen molar-refractivity contribution in [2.45, 2.75) is 39.5 Å². The lowest BCUT2D eigenvalue weighted by Crippen LogP contribution is -2.37. The van der Waals surface area contributed by atoms with Crippen LogP contribution in [0.25, 0.3) is 0 Å². The number of para-hydroxylation sites is 1. The summed E-state index contributed by atoms with van der Waals surface area (Å²) in [6.07, 6.45) is 1.77. The van der Waals surface area contributed by atoms with Crippen molar-refractivity contribution in [1.29, 1.82) is 5.26 Å². The molecule has 1 aliphatic heterocycles. The standard InChI is InChI=1S/C20H27N3O3/c1-16-6-3-7-17(2)20(16)26-15-4-8-18(24)22-11-5-12-23(14-13-22)19(25)9-10-21/h3,6-7H,4-5,8-9,11-15H2,1-2H3. The van der Waals surface area contributed by atoms with Crippen LogP contribution in [-0.4, -0.2) is 54.4 Å². The lowest BCUT2D eigenvalue weighted by atomic mass is 10.1. The number of rotatable bonds is 6. The number of nitriles is 1. The Kier molecular flexibility index (Phi) is 7.46. The van der Waals surface area contributed by atoms with Crippen LogP contribution in [0, 0.1) is 25.2 Å². The quantitative estimate of drug-likeness (QED) is 0.733. The number of aryl methyl sites for hydroxylation is 2. The number of amides is 2. The van der Waals surface area contributed by atoms with Gasteiger partial charge in [0.25, 0.3) is 0 Å². The highest BCUT2D eigenvalue weighted by atomic mass is 16.5. The molecule has 0 unspecified atom stereocenters. The van der Waals surface area contributed by atoms with Gasteiger partial charge in [0.2, 0.25) is 11.8 Å². The van der Waals surface area contributed by atoms with Gasteiger partial charge in [-0.2, -0.15) is 5.26 Å². The van der Waals surface area contributed by atoms with E-state index in [2.05, 4.69) is 0 Å². The third kappa shape index (κ3) is 5.48. The number of carbonyl (C=O) groups excluding carboxylic acids is 2. The van der Waals surface area contributed by atoms with E-state index in [1.54, 1.807) is 4.90 Å². The Morgan fingerprint density at radius 1 is 1.08 bits per heavy atom. The second kappa shape index (κ2) is 9.81. The molecule has 0 atom stereocenters. The molecule has 0 radical (unpaired) electrons. The molecule has 0 N–H and O–H groups in total. The zero-order valence-corrected chi connectivity index (χ0v) is 15.7. The number of hydrogen-bond acceptors (Lipinski definition) is 4. The molecule has 1 aliphatic rings. The van der Waals surface area contributed by atoms with Crippen LogP contribution < -0.4 is 4.74 Å². The molecule has 140 valence electrons. The lowest BCUT2D eigenvalue weighted by molar-refractivity contribution is -0.133. The first-order chi connectivity index (χ1) is 12.5. The van der Waals surface area contributed by atoms with Crippen molar-refractivity contribution >= 4 is 11.8 Å². The fraction of sp³-hybridized carbons (Fsp3) is 0.550. The van der Waals surface area contributed by atoms with Crippen LogP contribution in [0.1, 0.15) is 36.8 Å². The van der Waals surface area contributed by atoms with E-state index < -0.39 is 0 Å². The molecule has 2 amide bonds. The Morgan fingerprint density at radius 3 is 2.31 bits per heavy atom. The van der Waals surface area contributed by atoms with Gasteiger partial charge in [-0.05, 0) is 37.8 Å². The lowest BCUT2D eigenvalue weighted by Gasteiger charge is -2.21. The highest BCUT2D eigenvalue weighted by Gasteiger charge is 2.21. The van der Waals surface area contributed by atoms with Crippen LogP contribution in [0.15, 0.2) is 18.2 Å². The van der Waals surface area contributed by atoms with Crippen molar-refractivity contribution in [3.8, 4) is 11.8 Å². The van der Waals surface area contributed by atoms with E-state index in [1.165, 1.54) is 0 Å². The third-order valence-electron chi connectivity index (χ3n) is 4.62. The second-order valence-electron chi connectivity index (χ2n) is 6.62. The summed E-state index contributed by atoms with van der Waals surface area (Å²) in [5.74, 6) is 0.856. The zero-order valence-electron chi connectivity index (χ0n) is 15.7. The smallest absolute Gasteiger partial charge is 0.236 e. The van der Waals surface area contributed by atoms with Crippen molar-refractivity contribution in [2.24, 2.45) is 0 Å². The summed E-state index contributed by atoms with van der Waals surface area (Å²) in [6.45, 7) is 6.86. The molecule has 0 spiro atoms. The normalized spacial score (nSPS) is 14.5. The predicted octanol–water partition coefficient (Wildman–Crippen LogP) is 2.44. The maximum atomic E-state index is 12.4. The van der Waals surface area contributed by atoms with E-state index in [0.717, 1.165) is 23.3 Å². The van der Waals surface area contributed by atoms with Gasteiger partial charge in [-0.3, -0.25) is 9.59 Å². The average molecular weight is 357 g/mol. The third-order valence-corrected chi connectivity index (χ3v) is 4.62. The van der Waals surface area contributed by atoms with Crippen molar-refractivity contribution in [1.82, 2.24) is 9.80 Å². The maximum absolute atomic E-state index is 12.4. The van der Waals surface area contributed by atoms with Crippen LogP contribution in [0.3, 0.4) is 0 Å². The Hall–Kier alpha value is -2.55. The molecule has 1 heterocycles. The van der Waals surface area contributed by atoms with E-state index >= 15 is 0 Å². The molecule has 0 saturated carbocycles. The Balaban J connectivity index is 1.74. The summed E-state index contributed by atoms with van der Waals surface area (Å²) in [6, 6.07) is 7.93. The summed E-state index contributed by atoms with van der Waals surface area (Å²) in [4.78, 5) is 27.7. The molecule has 1 saturated heterocycles. The van der Waals surface area contributed by atoms with Crippen LogP contribution in [0.2, 0.25) is 0 Å². The zero-order chi connectivity index (χ0) is 18.9. The Bertz CT molecular complexity index is 661. The summed E-state index contributed by atoms with van der Waals surface area (Å²) in [5.41, 5.74) is 2.21. The first-order valence-electron chi connectivity index (χ1n) is 9.14. The van der Waals surface area contributed by atoms with E-state index in [1.807, 2.05) is 43.0 Å². The number of carbonyl (C=O) groups is 2. The second-order valence-corrected chi connectivity index (χ2v) is 6.62. The van der Waals surface area contributed by atoms with Crippen molar-refractivity contribution < 1.29 is 14.3 Å². The summed E-state index contributed by atoms with van der Waals surface area (Å²) in [5, 5.41) is 8.64. The molecule has 6 nitrogen and oxygen atoms in total. The fourth-order valence-electron chi connectivity index (χ4n) is 3.18. The molecule has 1 aromatic carbocycles. The predicted molar refractivity (Wildman–Crippen MR) is 98.7 cm³/mol. The van der Waals surface area contributed by atoms with Gasteiger partial charge in [-0.15, -0.1) is 0 Å². The van der Waals surface area contributed by atoms with E-state index in [4.69, 9.17) is 10.00 Å². The largest absolute Gasteiger partial charge is 0.493 e. The molecule has 0 aliphatic carbocycles.